The Kier molecular flexibility index (Phi) is 9.14. The van der Waals surface area contributed by atoms with E-state index in [4.69, 9.17) is 0 Å². The highest BCUT2D eigenvalue weighted by Gasteiger charge is 2.23. The van der Waals surface area contributed by atoms with Gasteiger partial charge in [-0.05, 0) is 37.1 Å². The van der Waals surface area contributed by atoms with Crippen LogP contribution in [0.25, 0.3) is 16.7 Å². The van der Waals surface area contributed by atoms with Gasteiger partial charge in [0.15, 0.2) is 11.0 Å². The largest absolute Gasteiger partial charge is 1.00 e. The Balaban J connectivity index is 0.00000300. The Morgan fingerprint density at radius 1 is 1.00 bits per heavy atom. The first-order valence-corrected chi connectivity index (χ1v) is 10.5. The van der Waals surface area contributed by atoms with E-state index in [-0.39, 0.29) is 29.9 Å². The Hall–Kier alpha value is -1.89. The monoisotopic (exact) mass is 505 g/mol. The lowest BCUT2D eigenvalue weighted by molar-refractivity contribution is -0.678. The van der Waals surface area contributed by atoms with Gasteiger partial charge >= 0.3 is 0 Å². The normalized spacial score (nSPS) is 10.7. The van der Waals surface area contributed by atoms with E-state index in [1.165, 1.54) is 61.1 Å². The lowest BCUT2D eigenvalue weighted by Crippen LogP contribution is -3.00. The second-order valence-corrected chi connectivity index (χ2v) is 7.52. The Morgan fingerprint density at radius 3 is 2.38 bits per heavy atom. The molecule has 0 spiro atoms. The molecule has 1 N–H and O–H groups in total. The number of nitrogens with zero attached hydrogens (tertiary/aromatic N) is 2. The summed E-state index contributed by atoms with van der Waals surface area (Å²) in [5.74, 6) is 1.18. The Bertz CT molecular complexity index is 934. The molecular weight excluding hydrogens is 473 g/mol. The molecule has 0 unspecified atom stereocenters. The molecule has 1 amide bonds. The van der Waals surface area contributed by atoms with Crippen molar-refractivity contribution in [3.05, 3.63) is 54.4 Å². The second-order valence-electron chi connectivity index (χ2n) is 7.52. The number of aryl methyl sites for hydroxylation is 1. The van der Waals surface area contributed by atoms with E-state index in [0.717, 1.165) is 12.2 Å². The Labute approximate surface area is 191 Å². The van der Waals surface area contributed by atoms with Crippen molar-refractivity contribution in [3.63, 3.8) is 0 Å². The zero-order chi connectivity index (χ0) is 19.9. The zero-order valence-corrected chi connectivity index (χ0v) is 19.9. The average Bonchev–Trinajstić information content (AvgIpc) is 2.96. The molecule has 3 rings (SSSR count). The number of anilines is 1. The lowest BCUT2D eigenvalue weighted by Gasteiger charge is -2.03. The molecule has 5 heteroatoms. The number of unbranched alkanes of at least 4 members (excludes halogenated alkanes) is 5. The van der Waals surface area contributed by atoms with E-state index in [1.54, 1.807) is 6.92 Å². The van der Waals surface area contributed by atoms with E-state index in [0.29, 0.717) is 0 Å². The number of para-hydroxylation sites is 1. The molecule has 29 heavy (non-hydrogen) atoms. The van der Waals surface area contributed by atoms with E-state index >= 15 is 0 Å². The highest BCUT2D eigenvalue weighted by molar-refractivity contribution is 5.91. The minimum Gasteiger partial charge on any atom is -1.00 e. The number of amides is 1. The van der Waals surface area contributed by atoms with Crippen molar-refractivity contribution in [2.75, 3.05) is 5.32 Å². The van der Waals surface area contributed by atoms with Crippen molar-refractivity contribution in [2.45, 2.75) is 65.8 Å². The molecule has 0 fully saturated rings. The van der Waals surface area contributed by atoms with Gasteiger partial charge < -0.3 is 29.3 Å². The minimum absolute atomic E-state index is 0. The summed E-state index contributed by atoms with van der Waals surface area (Å²) in [6, 6.07) is 16.7. The fraction of sp³-hybridized carbons (Fsp3) is 0.417. The van der Waals surface area contributed by atoms with Crippen molar-refractivity contribution < 1.29 is 33.3 Å². The third-order valence-electron chi connectivity index (χ3n) is 5.29. The van der Waals surface area contributed by atoms with Gasteiger partial charge in [0.25, 0.3) is 5.82 Å². The predicted molar refractivity (Wildman–Crippen MR) is 116 cm³/mol. The first-order valence-electron chi connectivity index (χ1n) is 10.5. The Morgan fingerprint density at radius 2 is 1.69 bits per heavy atom. The van der Waals surface area contributed by atoms with Crippen LogP contribution < -0.4 is 33.9 Å². The number of hydrogen-bond donors (Lipinski definition) is 1. The van der Waals surface area contributed by atoms with Gasteiger partial charge in [-0.2, -0.15) is 4.57 Å². The molecule has 0 saturated heterocycles. The average molecular weight is 505 g/mol. The molecular formula is C24H32IN3O. The van der Waals surface area contributed by atoms with Gasteiger partial charge in [0.05, 0.1) is 6.54 Å². The predicted octanol–water partition coefficient (Wildman–Crippen LogP) is 2.55. The third-order valence-corrected chi connectivity index (χ3v) is 5.29. The molecule has 0 aliphatic heterocycles. The maximum atomic E-state index is 11.5. The number of carbonyl (C=O) groups is 1. The molecule has 156 valence electrons. The van der Waals surface area contributed by atoms with Gasteiger partial charge in [0.2, 0.25) is 5.91 Å². The molecule has 0 aliphatic rings. The van der Waals surface area contributed by atoms with Crippen molar-refractivity contribution in [1.29, 1.82) is 0 Å². The van der Waals surface area contributed by atoms with Crippen LogP contribution in [-0.4, -0.2) is 10.5 Å². The molecule has 4 nitrogen and oxygen atoms in total. The number of benzene rings is 2. The molecule has 1 aromatic heterocycles. The van der Waals surface area contributed by atoms with E-state index in [9.17, 15) is 4.79 Å². The van der Waals surface area contributed by atoms with Crippen LogP contribution in [0.2, 0.25) is 0 Å². The van der Waals surface area contributed by atoms with Crippen LogP contribution in [0.5, 0.6) is 0 Å². The van der Waals surface area contributed by atoms with E-state index in [2.05, 4.69) is 64.7 Å². The smallest absolute Gasteiger partial charge is 0.259 e. The van der Waals surface area contributed by atoms with Crippen LogP contribution in [0.15, 0.2) is 48.5 Å². The van der Waals surface area contributed by atoms with Crippen LogP contribution in [0.3, 0.4) is 0 Å². The van der Waals surface area contributed by atoms with Crippen LogP contribution >= 0.6 is 0 Å². The molecule has 0 bridgehead atoms. The standard InChI is InChI=1S/C24H31N3O.HI/c1-4-5-6-7-8-12-17-26-20(3)27(22-13-10-9-11-14-22)23-16-15-21(18-24(23)26)25-19(2)28;/h9-11,13-16,18H,4-8,12,17H2,1-3H3;1H. The van der Waals surface area contributed by atoms with Gasteiger partial charge in [-0.1, -0.05) is 50.8 Å². The number of rotatable bonds is 9. The summed E-state index contributed by atoms with van der Waals surface area (Å²) >= 11 is 0. The van der Waals surface area contributed by atoms with Crippen molar-refractivity contribution in [3.8, 4) is 5.69 Å². The van der Waals surface area contributed by atoms with Crippen molar-refractivity contribution in [2.24, 2.45) is 0 Å². The summed E-state index contributed by atoms with van der Waals surface area (Å²) in [6.07, 6.45) is 7.69. The van der Waals surface area contributed by atoms with Gasteiger partial charge in [0.1, 0.15) is 5.69 Å². The maximum Gasteiger partial charge on any atom is 0.259 e. The lowest BCUT2D eigenvalue weighted by atomic mass is 10.1. The first kappa shape index (κ1) is 23.4. The molecule has 1 heterocycles. The number of hydrogen-bond acceptors (Lipinski definition) is 1. The molecule has 0 saturated carbocycles. The van der Waals surface area contributed by atoms with Crippen LogP contribution in [0.4, 0.5) is 5.69 Å². The fourth-order valence-electron chi connectivity index (χ4n) is 3.91. The fourth-order valence-corrected chi connectivity index (χ4v) is 3.91. The number of aromatic nitrogens is 2. The number of halogens is 1. The number of imidazole rings is 1. The SMILES string of the molecule is CCCCCCCC[n+]1c(C)n(-c2ccccc2)c2ccc(NC(C)=O)cc21.[I-]. The number of nitrogens with one attached hydrogen (secondary N) is 1. The quantitative estimate of drug-likeness (QED) is 0.271. The van der Waals surface area contributed by atoms with E-state index < -0.39 is 0 Å². The molecule has 3 aromatic rings. The van der Waals surface area contributed by atoms with Gasteiger partial charge in [-0.25, -0.2) is 4.57 Å². The van der Waals surface area contributed by atoms with Crippen molar-refractivity contribution in [1.82, 2.24) is 4.57 Å². The van der Waals surface area contributed by atoms with Gasteiger partial charge in [0, 0.05) is 25.6 Å². The summed E-state index contributed by atoms with van der Waals surface area (Å²) in [4.78, 5) is 11.5. The summed E-state index contributed by atoms with van der Waals surface area (Å²) in [7, 11) is 0. The molecule has 2 aromatic carbocycles. The van der Waals surface area contributed by atoms with Crippen molar-refractivity contribution >= 4 is 22.6 Å². The molecule has 0 aliphatic carbocycles. The number of carbonyl (C=O) groups excluding carboxylic acids is 1. The number of fused-ring (bicyclic) bond motifs is 1. The van der Waals surface area contributed by atoms with Gasteiger partial charge in [-0.3, -0.25) is 4.79 Å². The van der Waals surface area contributed by atoms with Gasteiger partial charge in [-0.15, -0.1) is 0 Å². The minimum atomic E-state index is -0.0407. The third kappa shape index (κ3) is 5.81. The topological polar surface area (TPSA) is 37.9 Å². The summed E-state index contributed by atoms with van der Waals surface area (Å²) in [5.41, 5.74) is 4.35. The van der Waals surface area contributed by atoms with E-state index in [1.807, 2.05) is 12.1 Å². The molecule has 0 atom stereocenters. The van der Waals surface area contributed by atoms with Crippen LogP contribution in [0, 0.1) is 6.92 Å². The summed E-state index contributed by atoms with van der Waals surface area (Å²) < 4.78 is 4.71. The first-order chi connectivity index (χ1) is 13.6. The van der Waals surface area contributed by atoms with Crippen LogP contribution in [0.1, 0.15) is 58.2 Å². The van der Waals surface area contributed by atoms with Crippen LogP contribution in [-0.2, 0) is 11.3 Å². The summed E-state index contributed by atoms with van der Waals surface area (Å²) in [6.45, 7) is 6.99. The second kappa shape index (κ2) is 11.3. The zero-order valence-electron chi connectivity index (χ0n) is 17.7. The maximum absolute atomic E-state index is 11.5. The highest BCUT2D eigenvalue weighted by atomic mass is 127. The summed E-state index contributed by atoms with van der Waals surface area (Å²) in [5, 5.41) is 2.92. The highest BCUT2D eigenvalue weighted by Crippen LogP contribution is 2.23. The molecule has 0 radical (unpaired) electrons.